The molecule has 2 heteroatoms. The van der Waals surface area contributed by atoms with Crippen LogP contribution < -0.4 is 5.32 Å². The largest absolute Gasteiger partial charge is 0.316 e. The Balaban J connectivity index is 1.88. The van der Waals surface area contributed by atoms with E-state index >= 15 is 0 Å². The van der Waals surface area contributed by atoms with E-state index in [2.05, 4.69) is 24.4 Å². The number of nitrogens with one attached hydrogen (secondary N) is 1. The first-order valence-electron chi connectivity index (χ1n) is 5.66. The topological polar surface area (TPSA) is 12.0 Å². The van der Waals surface area contributed by atoms with Crippen LogP contribution >= 0.6 is 11.3 Å². The Morgan fingerprint density at radius 1 is 1.43 bits per heavy atom. The second-order valence-electron chi connectivity index (χ2n) is 4.18. The van der Waals surface area contributed by atoms with Crippen LogP contribution in [0.2, 0.25) is 0 Å². The van der Waals surface area contributed by atoms with Gasteiger partial charge < -0.3 is 5.32 Å². The third-order valence-corrected chi connectivity index (χ3v) is 4.03. The summed E-state index contributed by atoms with van der Waals surface area (Å²) in [6.07, 6.45) is 5.18. The zero-order valence-corrected chi connectivity index (χ0v) is 9.70. The third kappa shape index (κ3) is 2.58. The van der Waals surface area contributed by atoms with Gasteiger partial charge in [0.1, 0.15) is 0 Å². The average molecular weight is 209 g/mol. The molecule has 2 rings (SSSR count). The van der Waals surface area contributed by atoms with Gasteiger partial charge in [-0.2, -0.15) is 0 Å². The lowest BCUT2D eigenvalue weighted by molar-refractivity contribution is 0.585. The molecule has 1 saturated heterocycles. The van der Waals surface area contributed by atoms with Crippen molar-refractivity contribution in [3.8, 4) is 0 Å². The van der Waals surface area contributed by atoms with E-state index in [1.807, 2.05) is 11.3 Å². The van der Waals surface area contributed by atoms with E-state index in [4.69, 9.17) is 0 Å². The molecule has 1 aliphatic heterocycles. The molecule has 0 saturated carbocycles. The fourth-order valence-corrected chi connectivity index (χ4v) is 3.32. The molecule has 78 valence electrons. The van der Waals surface area contributed by atoms with Gasteiger partial charge in [-0.1, -0.05) is 13.3 Å². The van der Waals surface area contributed by atoms with Crippen LogP contribution in [0.5, 0.6) is 0 Å². The van der Waals surface area contributed by atoms with Gasteiger partial charge in [0.15, 0.2) is 0 Å². The molecule has 1 N–H and O–H groups in total. The first-order chi connectivity index (χ1) is 6.88. The van der Waals surface area contributed by atoms with Crippen LogP contribution in [-0.4, -0.2) is 13.1 Å². The van der Waals surface area contributed by atoms with Gasteiger partial charge in [-0.25, -0.2) is 0 Å². The highest BCUT2D eigenvalue weighted by atomic mass is 32.1. The van der Waals surface area contributed by atoms with Gasteiger partial charge in [0.25, 0.3) is 0 Å². The zero-order chi connectivity index (χ0) is 9.80. The molecule has 1 aliphatic rings. The van der Waals surface area contributed by atoms with Crippen LogP contribution in [0, 0.1) is 5.92 Å². The maximum Gasteiger partial charge on any atom is 0.00514 e. The summed E-state index contributed by atoms with van der Waals surface area (Å²) in [5.41, 5.74) is 0. The molecular formula is C12H19NS. The second kappa shape index (κ2) is 4.94. The Bertz CT molecular complexity index is 274. The highest BCUT2D eigenvalue weighted by Crippen LogP contribution is 2.23. The first-order valence-corrected chi connectivity index (χ1v) is 6.48. The number of rotatable bonds is 4. The highest BCUT2D eigenvalue weighted by molar-refractivity contribution is 7.11. The maximum absolute atomic E-state index is 3.43. The van der Waals surface area contributed by atoms with Gasteiger partial charge in [-0.15, -0.1) is 11.3 Å². The highest BCUT2D eigenvalue weighted by Gasteiger charge is 2.15. The van der Waals surface area contributed by atoms with Crippen LogP contribution in [0.25, 0.3) is 0 Å². The lowest BCUT2D eigenvalue weighted by atomic mass is 10.0. The molecule has 0 aliphatic carbocycles. The van der Waals surface area contributed by atoms with E-state index in [1.165, 1.54) is 38.8 Å². The fourth-order valence-electron chi connectivity index (χ4n) is 2.09. The molecule has 1 nitrogen and oxygen atoms in total. The SMILES string of the molecule is CCCc1ccc(CC2CCNC2)s1. The first kappa shape index (κ1) is 10.2. The molecule has 1 fully saturated rings. The Morgan fingerprint density at radius 2 is 2.29 bits per heavy atom. The molecule has 2 heterocycles. The molecule has 0 spiro atoms. The van der Waals surface area contributed by atoms with E-state index in [0.29, 0.717) is 0 Å². The number of aryl methyl sites for hydroxylation is 1. The van der Waals surface area contributed by atoms with Crippen LogP contribution in [-0.2, 0) is 12.8 Å². The van der Waals surface area contributed by atoms with Crippen molar-refractivity contribution in [2.45, 2.75) is 32.6 Å². The van der Waals surface area contributed by atoms with E-state index in [-0.39, 0.29) is 0 Å². The quantitative estimate of drug-likeness (QED) is 0.804. The van der Waals surface area contributed by atoms with E-state index in [1.54, 1.807) is 9.75 Å². The van der Waals surface area contributed by atoms with Crippen molar-refractivity contribution in [1.29, 1.82) is 0 Å². The van der Waals surface area contributed by atoms with Crippen LogP contribution in [0.15, 0.2) is 12.1 Å². The standard InChI is InChI=1S/C12H19NS/c1-2-3-11-4-5-12(14-11)8-10-6-7-13-9-10/h4-5,10,13H,2-3,6-9H2,1H3. The maximum atomic E-state index is 3.43. The molecule has 1 aromatic heterocycles. The predicted molar refractivity (Wildman–Crippen MR) is 63.0 cm³/mol. The van der Waals surface area contributed by atoms with Crippen LogP contribution in [0.4, 0.5) is 0 Å². The minimum atomic E-state index is 0.892. The summed E-state index contributed by atoms with van der Waals surface area (Å²) in [6.45, 7) is 4.69. The Labute approximate surface area is 90.5 Å². The summed E-state index contributed by atoms with van der Waals surface area (Å²) in [5, 5.41) is 3.43. The van der Waals surface area contributed by atoms with Crippen LogP contribution in [0.1, 0.15) is 29.5 Å². The predicted octanol–water partition coefficient (Wildman–Crippen LogP) is 2.85. The van der Waals surface area contributed by atoms with Gasteiger partial charge in [-0.05, 0) is 50.4 Å². The summed E-state index contributed by atoms with van der Waals surface area (Å²) >= 11 is 2.02. The van der Waals surface area contributed by atoms with Crippen molar-refractivity contribution in [2.75, 3.05) is 13.1 Å². The van der Waals surface area contributed by atoms with Crippen molar-refractivity contribution < 1.29 is 0 Å². The van der Waals surface area contributed by atoms with Crippen molar-refractivity contribution in [3.63, 3.8) is 0 Å². The minimum absolute atomic E-state index is 0.892. The van der Waals surface area contributed by atoms with Gasteiger partial charge >= 0.3 is 0 Å². The summed E-state index contributed by atoms with van der Waals surface area (Å²) in [4.78, 5) is 3.15. The Hall–Kier alpha value is -0.340. The number of hydrogen-bond donors (Lipinski definition) is 1. The summed E-state index contributed by atoms with van der Waals surface area (Å²) in [6, 6.07) is 4.64. The molecule has 0 amide bonds. The lowest BCUT2D eigenvalue weighted by Gasteiger charge is -2.04. The normalized spacial score (nSPS) is 21.6. The second-order valence-corrected chi connectivity index (χ2v) is 5.43. The smallest absolute Gasteiger partial charge is 0.00514 e. The van der Waals surface area contributed by atoms with E-state index in [9.17, 15) is 0 Å². The Kier molecular flexibility index (Phi) is 3.60. The molecule has 0 bridgehead atoms. The number of hydrogen-bond acceptors (Lipinski definition) is 2. The molecule has 0 aromatic carbocycles. The molecule has 1 aromatic rings. The van der Waals surface area contributed by atoms with Gasteiger partial charge in [0.05, 0.1) is 0 Å². The monoisotopic (exact) mass is 209 g/mol. The molecule has 1 atom stereocenters. The average Bonchev–Trinajstić information content (AvgIpc) is 2.79. The zero-order valence-electron chi connectivity index (χ0n) is 8.88. The van der Waals surface area contributed by atoms with E-state index < -0.39 is 0 Å². The summed E-state index contributed by atoms with van der Waals surface area (Å²) in [5.74, 6) is 0.892. The summed E-state index contributed by atoms with van der Waals surface area (Å²) in [7, 11) is 0. The van der Waals surface area contributed by atoms with Gasteiger partial charge in [-0.3, -0.25) is 0 Å². The molecule has 0 radical (unpaired) electrons. The van der Waals surface area contributed by atoms with Crippen molar-refractivity contribution in [1.82, 2.24) is 5.32 Å². The van der Waals surface area contributed by atoms with Crippen molar-refractivity contribution in [3.05, 3.63) is 21.9 Å². The molecule has 14 heavy (non-hydrogen) atoms. The van der Waals surface area contributed by atoms with Crippen LogP contribution in [0.3, 0.4) is 0 Å². The fraction of sp³-hybridized carbons (Fsp3) is 0.667. The number of thiophene rings is 1. The van der Waals surface area contributed by atoms with Crippen molar-refractivity contribution >= 4 is 11.3 Å². The Morgan fingerprint density at radius 3 is 3.00 bits per heavy atom. The third-order valence-electron chi connectivity index (χ3n) is 2.87. The lowest BCUT2D eigenvalue weighted by Crippen LogP contribution is -2.10. The van der Waals surface area contributed by atoms with E-state index in [0.717, 1.165) is 5.92 Å². The molecular weight excluding hydrogens is 190 g/mol. The molecule has 1 unspecified atom stereocenters. The minimum Gasteiger partial charge on any atom is -0.316 e. The summed E-state index contributed by atoms with van der Waals surface area (Å²) < 4.78 is 0. The van der Waals surface area contributed by atoms with Gasteiger partial charge in [0.2, 0.25) is 0 Å². The van der Waals surface area contributed by atoms with Gasteiger partial charge in [0, 0.05) is 9.75 Å². The van der Waals surface area contributed by atoms with Crippen molar-refractivity contribution in [2.24, 2.45) is 5.92 Å².